The summed E-state index contributed by atoms with van der Waals surface area (Å²) >= 11 is 0. The van der Waals surface area contributed by atoms with E-state index in [1.807, 2.05) is 33.8 Å². The van der Waals surface area contributed by atoms with Crippen LogP contribution in [0.4, 0.5) is 0 Å². The molecule has 11 unspecified atom stereocenters. The molecule has 5 N–H and O–H groups in total. The predicted octanol–water partition coefficient (Wildman–Crippen LogP) is 1.86. The zero-order chi connectivity index (χ0) is 24.1. The Hall–Kier alpha value is -1.25. The van der Waals surface area contributed by atoms with E-state index >= 15 is 0 Å². The molecule has 5 rings (SSSR count). The Morgan fingerprint density at radius 2 is 1.73 bits per heavy atom. The molecule has 1 heterocycles. The molecule has 11 atom stereocenters. The van der Waals surface area contributed by atoms with E-state index in [-0.39, 0.29) is 31.1 Å². The quantitative estimate of drug-likeness (QED) is 0.453. The van der Waals surface area contributed by atoms with Crippen LogP contribution in [0.1, 0.15) is 64.9 Å². The molecule has 184 valence electrons. The summed E-state index contributed by atoms with van der Waals surface area (Å²) < 4.78 is 5.30. The Morgan fingerprint density at radius 3 is 2.33 bits per heavy atom. The molecule has 0 aliphatic heterocycles. The van der Waals surface area contributed by atoms with E-state index < -0.39 is 63.8 Å². The van der Waals surface area contributed by atoms with Crippen molar-refractivity contribution in [1.82, 2.24) is 0 Å². The van der Waals surface area contributed by atoms with Crippen molar-refractivity contribution in [2.24, 2.45) is 39.4 Å². The summed E-state index contributed by atoms with van der Waals surface area (Å²) in [6.07, 6.45) is 0.533. The first kappa shape index (κ1) is 23.5. The first-order chi connectivity index (χ1) is 15.4. The highest BCUT2D eigenvalue weighted by atomic mass is 16.3. The summed E-state index contributed by atoms with van der Waals surface area (Å²) in [5.41, 5.74) is -2.50. The molecule has 4 aliphatic rings. The summed E-state index contributed by atoms with van der Waals surface area (Å²) in [4.78, 5) is 13.7. The van der Waals surface area contributed by atoms with E-state index in [1.54, 1.807) is 12.5 Å². The first-order valence-electron chi connectivity index (χ1n) is 12.2. The van der Waals surface area contributed by atoms with Crippen LogP contribution in [0.15, 0.2) is 23.0 Å². The number of carbonyl (C=O) groups is 1. The fraction of sp³-hybridized carbons (Fsp3) is 0.808. The van der Waals surface area contributed by atoms with E-state index in [9.17, 15) is 30.3 Å². The third-order valence-electron chi connectivity index (χ3n) is 11.0. The standard InChI is InChI=1S/C26H38O7/c1-23(2)17-8-19(31)25(4)21-15(28)7-14(13-5-6-33-11-13)24(21,3)10-16(29)22(25)26(17,12-27)20(32)9-18(23)30/h5-6,11,14,16-22,27,29-32H,7-10,12H2,1-4H3. The van der Waals surface area contributed by atoms with Crippen LogP contribution >= 0.6 is 0 Å². The molecule has 4 fully saturated rings. The molecule has 7 heteroatoms. The number of Topliss-reactive ketones (excluding diaryl/α,β-unsaturated/α-hetero) is 1. The number of hydrogen-bond donors (Lipinski definition) is 5. The van der Waals surface area contributed by atoms with Gasteiger partial charge in [-0.2, -0.15) is 0 Å². The van der Waals surface area contributed by atoms with Crippen LogP contribution in [0, 0.1) is 39.4 Å². The van der Waals surface area contributed by atoms with Crippen molar-refractivity contribution in [3.05, 3.63) is 24.2 Å². The summed E-state index contributed by atoms with van der Waals surface area (Å²) in [5, 5.41) is 56.5. The average Bonchev–Trinajstić information content (AvgIpc) is 3.34. The largest absolute Gasteiger partial charge is 0.472 e. The SMILES string of the molecule is CC1(C)C(O)CC(O)C2(CO)C1CC(O)C1(C)C3C(=O)CC(c4ccoc4)C3(C)CC(O)C12. The van der Waals surface area contributed by atoms with Gasteiger partial charge in [0, 0.05) is 41.4 Å². The fourth-order valence-electron chi connectivity index (χ4n) is 9.54. The van der Waals surface area contributed by atoms with Gasteiger partial charge in [-0.25, -0.2) is 0 Å². The molecule has 0 radical (unpaired) electrons. The van der Waals surface area contributed by atoms with Crippen molar-refractivity contribution in [2.75, 3.05) is 6.61 Å². The Labute approximate surface area is 194 Å². The molecule has 0 saturated heterocycles. The van der Waals surface area contributed by atoms with Crippen LogP contribution in [0.3, 0.4) is 0 Å². The van der Waals surface area contributed by atoms with Gasteiger partial charge < -0.3 is 29.9 Å². The third kappa shape index (κ3) is 2.66. The molecule has 7 nitrogen and oxygen atoms in total. The maximum Gasteiger partial charge on any atom is 0.137 e. The molecule has 0 spiro atoms. The highest BCUT2D eigenvalue weighted by Gasteiger charge is 2.76. The zero-order valence-corrected chi connectivity index (χ0v) is 19.9. The van der Waals surface area contributed by atoms with Gasteiger partial charge in [-0.3, -0.25) is 4.79 Å². The number of ketones is 1. The number of fused-ring (bicyclic) bond motifs is 5. The van der Waals surface area contributed by atoms with Gasteiger partial charge in [-0.15, -0.1) is 0 Å². The van der Waals surface area contributed by atoms with Crippen molar-refractivity contribution in [2.45, 2.75) is 83.7 Å². The minimum absolute atomic E-state index is 0.0540. The van der Waals surface area contributed by atoms with Gasteiger partial charge in [-0.05, 0) is 41.2 Å². The van der Waals surface area contributed by atoms with Gasteiger partial charge in [0.05, 0.1) is 43.5 Å². The monoisotopic (exact) mass is 462 g/mol. The smallest absolute Gasteiger partial charge is 0.137 e. The van der Waals surface area contributed by atoms with E-state index in [2.05, 4.69) is 0 Å². The molecular formula is C26H38O7. The molecular weight excluding hydrogens is 424 g/mol. The molecule has 0 bridgehead atoms. The maximum atomic E-state index is 13.7. The lowest BCUT2D eigenvalue weighted by Crippen LogP contribution is -2.75. The highest BCUT2D eigenvalue weighted by Crippen LogP contribution is 2.74. The van der Waals surface area contributed by atoms with E-state index in [1.165, 1.54) is 0 Å². The lowest BCUT2D eigenvalue weighted by molar-refractivity contribution is -0.310. The van der Waals surface area contributed by atoms with Gasteiger partial charge >= 0.3 is 0 Å². The van der Waals surface area contributed by atoms with Crippen LogP contribution in [-0.2, 0) is 4.79 Å². The number of aliphatic hydroxyl groups is 5. The number of carbonyl (C=O) groups excluding carboxylic acids is 1. The second-order valence-electron chi connectivity index (χ2n) is 12.5. The predicted molar refractivity (Wildman–Crippen MR) is 119 cm³/mol. The van der Waals surface area contributed by atoms with Gasteiger partial charge in [-0.1, -0.05) is 27.7 Å². The van der Waals surface area contributed by atoms with Crippen LogP contribution in [0.5, 0.6) is 0 Å². The highest BCUT2D eigenvalue weighted by molar-refractivity contribution is 5.87. The molecule has 0 aromatic carbocycles. The van der Waals surface area contributed by atoms with E-state index in [0.717, 1.165) is 5.56 Å². The lowest BCUT2D eigenvalue weighted by Gasteiger charge is -2.71. The van der Waals surface area contributed by atoms with Gasteiger partial charge in [0.15, 0.2) is 0 Å². The van der Waals surface area contributed by atoms with Crippen LogP contribution in [0.25, 0.3) is 0 Å². The Balaban J connectivity index is 1.68. The summed E-state index contributed by atoms with van der Waals surface area (Å²) in [7, 11) is 0. The lowest BCUT2D eigenvalue weighted by atomic mass is 9.34. The number of aliphatic hydroxyl groups excluding tert-OH is 5. The maximum absolute atomic E-state index is 13.7. The van der Waals surface area contributed by atoms with E-state index in [0.29, 0.717) is 12.8 Å². The Morgan fingerprint density at radius 1 is 1.03 bits per heavy atom. The molecule has 4 aliphatic carbocycles. The van der Waals surface area contributed by atoms with Crippen molar-refractivity contribution in [3.63, 3.8) is 0 Å². The third-order valence-corrected chi connectivity index (χ3v) is 11.0. The minimum Gasteiger partial charge on any atom is -0.472 e. The number of furan rings is 1. The van der Waals surface area contributed by atoms with Gasteiger partial charge in [0.2, 0.25) is 0 Å². The Kier molecular flexibility index (Phi) is 5.08. The fourth-order valence-corrected chi connectivity index (χ4v) is 9.54. The van der Waals surface area contributed by atoms with Crippen LogP contribution in [0.2, 0.25) is 0 Å². The molecule has 4 saturated carbocycles. The summed E-state index contributed by atoms with van der Waals surface area (Å²) in [5.74, 6) is -1.71. The summed E-state index contributed by atoms with van der Waals surface area (Å²) in [6.45, 7) is 7.34. The van der Waals surface area contributed by atoms with Crippen molar-refractivity contribution < 1.29 is 34.7 Å². The number of hydrogen-bond acceptors (Lipinski definition) is 7. The van der Waals surface area contributed by atoms with Crippen molar-refractivity contribution >= 4 is 5.78 Å². The number of rotatable bonds is 2. The first-order valence-corrected chi connectivity index (χ1v) is 12.2. The average molecular weight is 463 g/mol. The second-order valence-corrected chi connectivity index (χ2v) is 12.5. The molecule has 1 aromatic heterocycles. The van der Waals surface area contributed by atoms with Crippen molar-refractivity contribution in [3.8, 4) is 0 Å². The minimum atomic E-state index is -1.12. The van der Waals surface area contributed by atoms with E-state index in [4.69, 9.17) is 4.42 Å². The normalized spacial score (nSPS) is 53.3. The second kappa shape index (κ2) is 7.14. The molecule has 33 heavy (non-hydrogen) atoms. The van der Waals surface area contributed by atoms with Gasteiger partial charge in [0.25, 0.3) is 0 Å². The molecule has 0 amide bonds. The zero-order valence-electron chi connectivity index (χ0n) is 19.9. The Bertz CT molecular complexity index is 927. The van der Waals surface area contributed by atoms with Crippen LogP contribution in [-0.4, -0.2) is 62.3 Å². The van der Waals surface area contributed by atoms with Crippen LogP contribution < -0.4 is 0 Å². The van der Waals surface area contributed by atoms with Crippen molar-refractivity contribution in [1.29, 1.82) is 0 Å². The van der Waals surface area contributed by atoms with Gasteiger partial charge in [0.1, 0.15) is 5.78 Å². The topological polar surface area (TPSA) is 131 Å². The molecule has 1 aromatic rings. The summed E-state index contributed by atoms with van der Waals surface area (Å²) in [6, 6.07) is 1.86.